The van der Waals surface area contributed by atoms with Gasteiger partial charge in [0.1, 0.15) is 5.82 Å². The number of aliphatic imine (C=N–C) groups is 1. The van der Waals surface area contributed by atoms with E-state index in [4.69, 9.17) is 11.6 Å². The maximum absolute atomic E-state index is 12.9. The summed E-state index contributed by atoms with van der Waals surface area (Å²) in [6.45, 7) is 1.44. The van der Waals surface area contributed by atoms with E-state index in [1.807, 2.05) is 0 Å². The summed E-state index contributed by atoms with van der Waals surface area (Å²) in [6, 6.07) is 13.1. The number of hydrogen-bond acceptors (Lipinski definition) is 2. The second-order valence-corrected chi connectivity index (χ2v) is 5.62. The van der Waals surface area contributed by atoms with Crippen LogP contribution in [0.4, 0.5) is 4.39 Å². The minimum absolute atomic E-state index is 0.221. The van der Waals surface area contributed by atoms with Gasteiger partial charge in [-0.05, 0) is 29.8 Å². The van der Waals surface area contributed by atoms with E-state index in [9.17, 15) is 9.18 Å². The Hall–Kier alpha value is -2.60. The number of hydrogen-bond donors (Lipinski definition) is 3. The molecule has 3 N–H and O–H groups in total. The predicted octanol–water partition coefficient (Wildman–Crippen LogP) is 2.57. The smallest absolute Gasteiger partial charge is 0.252 e. The molecule has 0 spiro atoms. The number of carbonyl (C=O) groups excluding carboxylic acids is 1. The summed E-state index contributed by atoms with van der Waals surface area (Å²) in [5, 5.41) is 9.42. The van der Waals surface area contributed by atoms with Gasteiger partial charge in [0.15, 0.2) is 5.96 Å². The molecule has 0 saturated carbocycles. The van der Waals surface area contributed by atoms with Gasteiger partial charge in [0.25, 0.3) is 5.91 Å². The number of guanidine groups is 1. The number of amides is 1. The summed E-state index contributed by atoms with van der Waals surface area (Å²) in [5.74, 6) is 0.110. The highest BCUT2D eigenvalue weighted by Crippen LogP contribution is 2.14. The van der Waals surface area contributed by atoms with E-state index in [1.165, 1.54) is 12.1 Å². The van der Waals surface area contributed by atoms with Crippen LogP contribution < -0.4 is 16.0 Å². The average molecular weight is 363 g/mol. The lowest BCUT2D eigenvalue weighted by atomic mass is 10.2. The molecular formula is C18H20ClFN4O. The van der Waals surface area contributed by atoms with Crippen LogP contribution in [0.25, 0.3) is 0 Å². The fourth-order valence-electron chi connectivity index (χ4n) is 2.11. The fraction of sp³-hybridized carbons (Fsp3) is 0.222. The largest absolute Gasteiger partial charge is 0.355 e. The van der Waals surface area contributed by atoms with E-state index in [0.717, 1.165) is 5.56 Å². The molecular weight excluding hydrogens is 343 g/mol. The summed E-state index contributed by atoms with van der Waals surface area (Å²) in [4.78, 5) is 16.1. The Morgan fingerprint density at radius 3 is 2.40 bits per heavy atom. The van der Waals surface area contributed by atoms with E-state index in [0.29, 0.717) is 36.2 Å². The van der Waals surface area contributed by atoms with Gasteiger partial charge in [-0.1, -0.05) is 35.9 Å². The van der Waals surface area contributed by atoms with Crippen molar-refractivity contribution >= 4 is 23.5 Å². The van der Waals surface area contributed by atoms with Crippen LogP contribution >= 0.6 is 11.6 Å². The van der Waals surface area contributed by atoms with Gasteiger partial charge in [-0.3, -0.25) is 9.79 Å². The Balaban J connectivity index is 1.71. The normalized spacial score (nSPS) is 11.1. The Labute approximate surface area is 151 Å². The zero-order chi connectivity index (χ0) is 18.1. The van der Waals surface area contributed by atoms with Gasteiger partial charge in [-0.15, -0.1) is 0 Å². The van der Waals surface area contributed by atoms with Crippen molar-refractivity contribution in [3.63, 3.8) is 0 Å². The number of nitrogens with one attached hydrogen (secondary N) is 3. The quantitative estimate of drug-likeness (QED) is 0.420. The van der Waals surface area contributed by atoms with Crippen molar-refractivity contribution in [3.8, 4) is 0 Å². The van der Waals surface area contributed by atoms with Crippen LogP contribution in [0.15, 0.2) is 53.5 Å². The molecule has 2 aromatic rings. The molecule has 7 heteroatoms. The van der Waals surface area contributed by atoms with Crippen LogP contribution in [0.5, 0.6) is 0 Å². The van der Waals surface area contributed by atoms with Crippen molar-refractivity contribution in [2.24, 2.45) is 4.99 Å². The van der Waals surface area contributed by atoms with E-state index in [1.54, 1.807) is 43.4 Å². The summed E-state index contributed by atoms with van der Waals surface area (Å²) in [7, 11) is 1.66. The molecule has 0 aliphatic carbocycles. The molecule has 2 aromatic carbocycles. The van der Waals surface area contributed by atoms with Gasteiger partial charge in [0.2, 0.25) is 0 Å². The first-order valence-electron chi connectivity index (χ1n) is 7.82. The van der Waals surface area contributed by atoms with Crippen LogP contribution in [0, 0.1) is 5.82 Å². The van der Waals surface area contributed by atoms with Gasteiger partial charge in [-0.2, -0.15) is 0 Å². The molecule has 0 fully saturated rings. The zero-order valence-electron chi connectivity index (χ0n) is 13.9. The maximum atomic E-state index is 12.9. The van der Waals surface area contributed by atoms with E-state index >= 15 is 0 Å². The van der Waals surface area contributed by atoms with Crippen molar-refractivity contribution in [1.82, 2.24) is 16.0 Å². The molecule has 0 aliphatic heterocycles. The van der Waals surface area contributed by atoms with Gasteiger partial charge >= 0.3 is 0 Å². The zero-order valence-corrected chi connectivity index (χ0v) is 14.6. The SMILES string of the molecule is CN=C(NCCNC(=O)c1ccccc1Cl)NCc1ccc(F)cc1. The highest BCUT2D eigenvalue weighted by molar-refractivity contribution is 6.33. The molecule has 0 aliphatic rings. The monoisotopic (exact) mass is 362 g/mol. The molecule has 0 saturated heterocycles. The number of nitrogens with zero attached hydrogens (tertiary/aromatic N) is 1. The maximum Gasteiger partial charge on any atom is 0.252 e. The molecule has 0 aromatic heterocycles. The molecule has 0 bridgehead atoms. The van der Waals surface area contributed by atoms with Gasteiger partial charge in [-0.25, -0.2) is 4.39 Å². The van der Waals surface area contributed by atoms with E-state index in [-0.39, 0.29) is 11.7 Å². The third-order valence-corrected chi connectivity index (χ3v) is 3.75. The van der Waals surface area contributed by atoms with Gasteiger partial charge < -0.3 is 16.0 Å². The topological polar surface area (TPSA) is 65.5 Å². The second kappa shape index (κ2) is 9.64. The summed E-state index contributed by atoms with van der Waals surface area (Å²) >= 11 is 5.98. The first kappa shape index (κ1) is 18.7. The lowest BCUT2D eigenvalue weighted by Gasteiger charge is -2.12. The van der Waals surface area contributed by atoms with Gasteiger partial charge in [0, 0.05) is 26.7 Å². The van der Waals surface area contributed by atoms with Crippen LogP contribution in [0.2, 0.25) is 5.02 Å². The Kier molecular flexibility index (Phi) is 7.22. The highest BCUT2D eigenvalue weighted by Gasteiger charge is 2.08. The predicted molar refractivity (Wildman–Crippen MR) is 98.4 cm³/mol. The minimum Gasteiger partial charge on any atom is -0.355 e. The van der Waals surface area contributed by atoms with Crippen LogP contribution in [0.3, 0.4) is 0 Å². The molecule has 0 heterocycles. The molecule has 25 heavy (non-hydrogen) atoms. The number of benzene rings is 2. The van der Waals surface area contributed by atoms with Crippen molar-refractivity contribution in [2.75, 3.05) is 20.1 Å². The lowest BCUT2D eigenvalue weighted by molar-refractivity contribution is 0.0954. The molecule has 2 rings (SSSR count). The number of carbonyl (C=O) groups is 1. The average Bonchev–Trinajstić information content (AvgIpc) is 2.62. The van der Waals surface area contributed by atoms with Crippen molar-refractivity contribution in [3.05, 3.63) is 70.5 Å². The Morgan fingerprint density at radius 1 is 1.04 bits per heavy atom. The van der Waals surface area contributed by atoms with Crippen molar-refractivity contribution in [1.29, 1.82) is 0 Å². The third kappa shape index (κ3) is 6.08. The summed E-state index contributed by atoms with van der Waals surface area (Å²) in [5.41, 5.74) is 1.39. The minimum atomic E-state index is -0.263. The number of rotatable bonds is 6. The lowest BCUT2D eigenvalue weighted by Crippen LogP contribution is -2.41. The molecule has 1 amide bonds. The van der Waals surface area contributed by atoms with Crippen LogP contribution in [0.1, 0.15) is 15.9 Å². The molecule has 132 valence electrons. The van der Waals surface area contributed by atoms with Gasteiger partial charge in [0.05, 0.1) is 10.6 Å². The second-order valence-electron chi connectivity index (χ2n) is 5.21. The molecule has 0 atom stereocenters. The fourth-order valence-corrected chi connectivity index (χ4v) is 2.33. The first-order valence-corrected chi connectivity index (χ1v) is 8.19. The van der Waals surface area contributed by atoms with Crippen LogP contribution in [-0.2, 0) is 6.54 Å². The Bertz CT molecular complexity index is 734. The van der Waals surface area contributed by atoms with E-state index in [2.05, 4.69) is 20.9 Å². The standard InChI is InChI=1S/C18H20ClFN4O/c1-21-18(24-12-13-6-8-14(20)9-7-13)23-11-10-22-17(25)15-4-2-3-5-16(15)19/h2-9H,10-12H2,1H3,(H,22,25)(H2,21,23,24). The summed E-state index contributed by atoms with van der Waals surface area (Å²) in [6.07, 6.45) is 0. The van der Waals surface area contributed by atoms with Crippen molar-refractivity contribution in [2.45, 2.75) is 6.54 Å². The molecule has 5 nitrogen and oxygen atoms in total. The van der Waals surface area contributed by atoms with Crippen molar-refractivity contribution < 1.29 is 9.18 Å². The number of halogens is 2. The summed E-state index contributed by atoms with van der Waals surface area (Å²) < 4.78 is 12.9. The molecule has 0 radical (unpaired) electrons. The first-order chi connectivity index (χ1) is 12.1. The molecule has 0 unspecified atom stereocenters. The third-order valence-electron chi connectivity index (χ3n) is 3.42. The van der Waals surface area contributed by atoms with E-state index < -0.39 is 0 Å². The Morgan fingerprint density at radius 2 is 1.72 bits per heavy atom. The highest BCUT2D eigenvalue weighted by atomic mass is 35.5. The van der Waals surface area contributed by atoms with Crippen LogP contribution in [-0.4, -0.2) is 32.0 Å².